The Labute approximate surface area is 119 Å². The molecule has 0 unspecified atom stereocenters. The molecule has 0 aliphatic carbocycles. The van der Waals surface area contributed by atoms with Crippen LogP contribution in [0.25, 0.3) is 0 Å². The minimum atomic E-state index is -0.768. The van der Waals surface area contributed by atoms with Gasteiger partial charge in [-0.15, -0.1) is 0 Å². The predicted octanol–water partition coefficient (Wildman–Crippen LogP) is 1.98. The molecule has 0 aliphatic rings. The van der Waals surface area contributed by atoms with Crippen LogP contribution in [0.4, 0.5) is 15.6 Å². The van der Waals surface area contributed by atoms with Crippen LogP contribution in [0.15, 0.2) is 35.4 Å². The van der Waals surface area contributed by atoms with E-state index in [0.717, 1.165) is 5.69 Å². The number of primary amides is 1. The second-order valence-corrected chi connectivity index (χ2v) is 4.84. The number of benzene rings is 1. The van der Waals surface area contributed by atoms with Gasteiger partial charge >= 0.3 is 6.03 Å². The fourth-order valence-corrected chi connectivity index (χ4v) is 2.26. The maximum Gasteiger partial charge on any atom is 0.332 e. The topological polar surface area (TPSA) is 113 Å². The number of carbonyl (C=O) groups excluding carboxylic acids is 1. The van der Waals surface area contributed by atoms with Gasteiger partial charge in [0, 0.05) is 5.69 Å². The van der Waals surface area contributed by atoms with E-state index in [0.29, 0.717) is 15.7 Å². The molecule has 0 spiro atoms. The summed E-state index contributed by atoms with van der Waals surface area (Å²) in [6.45, 7) is 1.63. The minimum absolute atomic E-state index is 0.152. The van der Waals surface area contributed by atoms with Gasteiger partial charge in [-0.1, -0.05) is 29.5 Å². The van der Waals surface area contributed by atoms with Gasteiger partial charge < -0.3 is 16.2 Å². The van der Waals surface area contributed by atoms with Gasteiger partial charge in [-0.25, -0.2) is 10.2 Å². The average molecular weight is 291 g/mol. The summed E-state index contributed by atoms with van der Waals surface area (Å²) in [7, 11) is 0. The van der Waals surface area contributed by atoms with Gasteiger partial charge in [-0.3, -0.25) is 0 Å². The van der Waals surface area contributed by atoms with Crippen molar-refractivity contribution in [3.63, 3.8) is 0 Å². The standard InChI is InChI=1S/C12H13N5O2S/c1-7(16-17-11(13)19)9-10(18)15-12(20-9)14-8-5-3-2-4-6-8/h2-6,18H,1H3,(H,14,15)(H3,13,17,19)/b16-7+. The van der Waals surface area contributed by atoms with Crippen molar-refractivity contribution in [1.82, 2.24) is 10.4 Å². The van der Waals surface area contributed by atoms with Crippen molar-refractivity contribution in [2.45, 2.75) is 6.92 Å². The van der Waals surface area contributed by atoms with Gasteiger partial charge in [0.15, 0.2) is 5.13 Å². The van der Waals surface area contributed by atoms with Gasteiger partial charge in [0.2, 0.25) is 5.88 Å². The number of aromatic hydroxyl groups is 1. The van der Waals surface area contributed by atoms with Gasteiger partial charge in [0.05, 0.1) is 5.71 Å². The van der Waals surface area contributed by atoms with E-state index in [1.807, 2.05) is 30.3 Å². The van der Waals surface area contributed by atoms with Crippen LogP contribution < -0.4 is 16.5 Å². The monoisotopic (exact) mass is 291 g/mol. The number of nitrogens with zero attached hydrogens (tertiary/aromatic N) is 2. The van der Waals surface area contributed by atoms with Crippen LogP contribution in [0.1, 0.15) is 11.8 Å². The normalized spacial score (nSPS) is 11.2. The summed E-state index contributed by atoms with van der Waals surface area (Å²) < 4.78 is 0. The number of para-hydroxylation sites is 1. The molecule has 0 radical (unpaired) electrons. The van der Waals surface area contributed by atoms with E-state index in [4.69, 9.17) is 5.73 Å². The largest absolute Gasteiger partial charge is 0.492 e. The smallest absolute Gasteiger partial charge is 0.332 e. The van der Waals surface area contributed by atoms with E-state index in [2.05, 4.69) is 20.8 Å². The first-order chi connectivity index (χ1) is 9.56. The predicted molar refractivity (Wildman–Crippen MR) is 78.4 cm³/mol. The van der Waals surface area contributed by atoms with Crippen LogP contribution >= 0.6 is 11.3 Å². The Hall–Kier alpha value is -2.61. The fraction of sp³-hybridized carbons (Fsp3) is 0.0833. The average Bonchev–Trinajstić information content (AvgIpc) is 2.78. The molecule has 104 valence electrons. The highest BCUT2D eigenvalue weighted by Crippen LogP contribution is 2.30. The highest BCUT2D eigenvalue weighted by atomic mass is 32.1. The zero-order valence-corrected chi connectivity index (χ0v) is 11.4. The number of nitrogens with two attached hydrogens (primary N) is 1. The summed E-state index contributed by atoms with van der Waals surface area (Å²) >= 11 is 1.22. The van der Waals surface area contributed by atoms with Crippen LogP contribution in [0.2, 0.25) is 0 Å². The molecule has 2 amide bonds. The molecule has 0 aliphatic heterocycles. The molecule has 7 nitrogen and oxygen atoms in total. The molecule has 0 saturated heterocycles. The molecule has 0 bridgehead atoms. The van der Waals surface area contributed by atoms with E-state index < -0.39 is 6.03 Å². The fourth-order valence-electron chi connectivity index (χ4n) is 1.44. The number of amides is 2. The minimum Gasteiger partial charge on any atom is -0.492 e. The quantitative estimate of drug-likeness (QED) is 0.509. The zero-order chi connectivity index (χ0) is 14.5. The Morgan fingerprint density at radius 3 is 2.75 bits per heavy atom. The van der Waals surface area contributed by atoms with Crippen molar-refractivity contribution in [3.8, 4) is 5.88 Å². The molecule has 0 atom stereocenters. The van der Waals surface area contributed by atoms with E-state index in [1.165, 1.54) is 11.3 Å². The van der Waals surface area contributed by atoms with Gasteiger partial charge in [-0.2, -0.15) is 10.1 Å². The first kappa shape index (κ1) is 13.8. The van der Waals surface area contributed by atoms with Crippen molar-refractivity contribution in [2.75, 3.05) is 5.32 Å². The summed E-state index contributed by atoms with van der Waals surface area (Å²) in [5.74, 6) is -0.152. The molecule has 5 N–H and O–H groups in total. The second-order valence-electron chi connectivity index (χ2n) is 3.84. The van der Waals surface area contributed by atoms with Crippen molar-refractivity contribution in [1.29, 1.82) is 0 Å². The number of anilines is 2. The lowest BCUT2D eigenvalue weighted by Crippen LogP contribution is -2.25. The first-order valence-corrected chi connectivity index (χ1v) is 6.50. The number of hydrogen-bond donors (Lipinski definition) is 4. The summed E-state index contributed by atoms with van der Waals surface area (Å²) in [5.41, 5.74) is 8.30. The Morgan fingerprint density at radius 1 is 1.40 bits per heavy atom. The number of thiazole rings is 1. The summed E-state index contributed by atoms with van der Waals surface area (Å²) in [4.78, 5) is 15.0. The van der Waals surface area contributed by atoms with Crippen LogP contribution in [-0.4, -0.2) is 21.8 Å². The van der Waals surface area contributed by atoms with E-state index in [1.54, 1.807) is 6.92 Å². The van der Waals surface area contributed by atoms with Crippen LogP contribution in [0.3, 0.4) is 0 Å². The second kappa shape index (κ2) is 6.02. The molecular formula is C12H13N5O2S. The Kier molecular flexibility index (Phi) is 4.16. The number of carbonyl (C=O) groups is 1. The maximum absolute atomic E-state index is 10.6. The third-order valence-electron chi connectivity index (χ3n) is 2.30. The lowest BCUT2D eigenvalue weighted by Gasteiger charge is -2.00. The van der Waals surface area contributed by atoms with Crippen LogP contribution in [0, 0.1) is 0 Å². The van der Waals surface area contributed by atoms with Crippen molar-refractivity contribution >= 4 is 33.9 Å². The van der Waals surface area contributed by atoms with Crippen molar-refractivity contribution in [3.05, 3.63) is 35.2 Å². The Balaban J connectivity index is 2.17. The number of aromatic nitrogens is 1. The van der Waals surface area contributed by atoms with Gasteiger partial charge in [0.25, 0.3) is 0 Å². The van der Waals surface area contributed by atoms with Crippen LogP contribution in [-0.2, 0) is 0 Å². The molecule has 8 heteroatoms. The third-order valence-corrected chi connectivity index (χ3v) is 3.37. The number of urea groups is 1. The highest BCUT2D eigenvalue weighted by molar-refractivity contribution is 7.18. The maximum atomic E-state index is 10.6. The Bertz CT molecular complexity index is 639. The molecule has 1 aromatic heterocycles. The number of nitrogens with one attached hydrogen (secondary N) is 2. The molecule has 2 rings (SSSR count). The third kappa shape index (κ3) is 3.45. The van der Waals surface area contributed by atoms with Crippen molar-refractivity contribution in [2.24, 2.45) is 10.8 Å². The summed E-state index contributed by atoms with van der Waals surface area (Å²) in [6.07, 6.45) is 0. The molecule has 2 aromatic rings. The molecule has 1 aromatic carbocycles. The van der Waals surface area contributed by atoms with Crippen LogP contribution in [0.5, 0.6) is 5.88 Å². The van der Waals surface area contributed by atoms with E-state index in [-0.39, 0.29) is 5.88 Å². The van der Waals surface area contributed by atoms with E-state index in [9.17, 15) is 9.90 Å². The number of rotatable bonds is 4. The lowest BCUT2D eigenvalue weighted by molar-refractivity contribution is 0.249. The van der Waals surface area contributed by atoms with Gasteiger partial charge in [0.1, 0.15) is 4.88 Å². The first-order valence-electron chi connectivity index (χ1n) is 5.68. The number of hydrazone groups is 1. The lowest BCUT2D eigenvalue weighted by atomic mass is 10.3. The summed E-state index contributed by atoms with van der Waals surface area (Å²) in [6, 6.07) is 8.68. The molecule has 20 heavy (non-hydrogen) atoms. The summed E-state index contributed by atoms with van der Waals surface area (Å²) in [5, 5.41) is 17.1. The SMILES string of the molecule is C/C(=N\NC(N)=O)c1sc(Nc2ccccc2)nc1O. The molecule has 0 saturated carbocycles. The molecule has 0 fully saturated rings. The number of hydrogen-bond acceptors (Lipinski definition) is 6. The zero-order valence-electron chi connectivity index (χ0n) is 10.6. The highest BCUT2D eigenvalue weighted by Gasteiger charge is 2.13. The molecular weight excluding hydrogens is 278 g/mol. The van der Waals surface area contributed by atoms with Gasteiger partial charge in [-0.05, 0) is 19.1 Å². The van der Waals surface area contributed by atoms with E-state index >= 15 is 0 Å². The Morgan fingerprint density at radius 2 is 2.10 bits per heavy atom. The molecule has 1 heterocycles. The van der Waals surface area contributed by atoms with Crippen molar-refractivity contribution < 1.29 is 9.90 Å².